The fraction of sp³-hybridized carbons (Fsp3) is 0.167. The van der Waals surface area contributed by atoms with Gasteiger partial charge < -0.3 is 24.4 Å². The van der Waals surface area contributed by atoms with E-state index < -0.39 is 11.9 Å². The van der Waals surface area contributed by atoms with E-state index in [1.165, 1.54) is 23.9 Å². The topological polar surface area (TPSA) is 115 Å². The highest BCUT2D eigenvalue weighted by Crippen LogP contribution is 2.42. The third-order valence-corrected chi connectivity index (χ3v) is 7.18. The lowest BCUT2D eigenvalue weighted by atomic mass is 10.1. The van der Waals surface area contributed by atoms with Gasteiger partial charge in [-0.05, 0) is 83.4 Å². The summed E-state index contributed by atoms with van der Waals surface area (Å²) in [7, 11) is 0. The van der Waals surface area contributed by atoms with E-state index in [1.54, 1.807) is 43.3 Å². The first-order valence-electron chi connectivity index (χ1n) is 12.4. The maximum absolute atomic E-state index is 12.7. The smallest absolute Gasteiger partial charge is 0.344 e. The maximum Gasteiger partial charge on any atom is 0.344 e. The molecule has 40 heavy (non-hydrogen) atoms. The minimum atomic E-state index is -0.993. The molecular formula is C30H26BrNO7S. The molecule has 10 heteroatoms. The van der Waals surface area contributed by atoms with Gasteiger partial charge in [-0.3, -0.25) is 0 Å². The molecule has 0 unspecified atom stereocenters. The fourth-order valence-corrected chi connectivity index (χ4v) is 5.35. The second kappa shape index (κ2) is 13.4. The highest BCUT2D eigenvalue weighted by molar-refractivity contribution is 9.10. The largest absolute Gasteiger partial charge is 0.506 e. The number of carbonyl (C=O) groups excluding carboxylic acids is 1. The Morgan fingerprint density at radius 2 is 1.73 bits per heavy atom. The molecule has 1 heterocycles. The molecule has 206 valence electrons. The Hall–Kier alpha value is -4.02. The quantitative estimate of drug-likeness (QED) is 0.226. The minimum absolute atomic E-state index is 0.0138. The zero-order chi connectivity index (χ0) is 28.6. The molecule has 3 aromatic rings. The van der Waals surface area contributed by atoms with E-state index in [4.69, 9.17) is 19.3 Å². The van der Waals surface area contributed by atoms with Crippen LogP contribution in [-0.4, -0.2) is 40.4 Å². The number of carboxylic acid groups (broad SMARTS) is 1. The molecule has 8 nitrogen and oxygen atoms in total. The van der Waals surface area contributed by atoms with Gasteiger partial charge in [0.05, 0.1) is 33.8 Å². The molecule has 0 amide bonds. The van der Waals surface area contributed by atoms with Crippen molar-refractivity contribution < 1.29 is 34.0 Å². The van der Waals surface area contributed by atoms with Gasteiger partial charge in [0.25, 0.3) is 0 Å². The van der Waals surface area contributed by atoms with Crippen molar-refractivity contribution in [2.24, 2.45) is 4.99 Å². The van der Waals surface area contributed by atoms with Crippen LogP contribution in [0.15, 0.2) is 92.4 Å². The van der Waals surface area contributed by atoms with Crippen molar-refractivity contribution in [3.05, 3.63) is 104 Å². The number of carboxylic acids is 1. The molecule has 1 aliphatic rings. The number of para-hydroxylation sites is 1. The van der Waals surface area contributed by atoms with Gasteiger partial charge >= 0.3 is 11.9 Å². The summed E-state index contributed by atoms with van der Waals surface area (Å²) in [5, 5.41) is 20.5. The van der Waals surface area contributed by atoms with E-state index in [9.17, 15) is 14.7 Å². The van der Waals surface area contributed by atoms with Gasteiger partial charge in [0.15, 0.2) is 11.5 Å². The van der Waals surface area contributed by atoms with Crippen molar-refractivity contribution in [2.75, 3.05) is 13.2 Å². The molecule has 0 aliphatic carbocycles. The van der Waals surface area contributed by atoms with Crippen LogP contribution in [0.1, 0.15) is 35.3 Å². The van der Waals surface area contributed by atoms with Crippen molar-refractivity contribution in [2.45, 2.75) is 20.5 Å². The van der Waals surface area contributed by atoms with Gasteiger partial charge in [-0.2, -0.15) is 0 Å². The van der Waals surface area contributed by atoms with Gasteiger partial charge in [0.1, 0.15) is 23.0 Å². The zero-order valence-electron chi connectivity index (χ0n) is 21.7. The summed E-state index contributed by atoms with van der Waals surface area (Å²) in [5.74, 6) is -0.906. The number of aromatic carboxylic acids is 1. The average molecular weight is 625 g/mol. The number of aliphatic hydroxyl groups excluding tert-OH is 1. The van der Waals surface area contributed by atoms with Crippen molar-refractivity contribution in [3.63, 3.8) is 0 Å². The van der Waals surface area contributed by atoms with E-state index in [0.717, 1.165) is 5.56 Å². The van der Waals surface area contributed by atoms with Gasteiger partial charge in [-0.25, -0.2) is 14.6 Å². The average Bonchev–Trinajstić information content (AvgIpc) is 3.23. The number of aliphatic imine (C=N–C) groups is 1. The number of thioether (sulfide) groups is 1. The number of nitrogens with zero attached hydrogens (tertiary/aromatic N) is 1. The molecule has 0 saturated carbocycles. The lowest BCUT2D eigenvalue weighted by molar-refractivity contribution is -0.138. The van der Waals surface area contributed by atoms with Gasteiger partial charge in [0, 0.05) is 0 Å². The molecule has 0 spiro atoms. The van der Waals surface area contributed by atoms with Gasteiger partial charge in [-0.1, -0.05) is 42.1 Å². The molecular weight excluding hydrogens is 598 g/mol. The van der Waals surface area contributed by atoms with Crippen molar-refractivity contribution in [1.29, 1.82) is 0 Å². The van der Waals surface area contributed by atoms with Crippen LogP contribution in [0.3, 0.4) is 0 Å². The lowest BCUT2D eigenvalue weighted by Crippen LogP contribution is -2.12. The number of hydrogen-bond donors (Lipinski definition) is 2. The number of rotatable bonds is 10. The second-order valence-corrected chi connectivity index (χ2v) is 10.2. The normalized spacial score (nSPS) is 15.0. The van der Waals surface area contributed by atoms with Crippen molar-refractivity contribution in [1.82, 2.24) is 0 Å². The molecule has 0 saturated heterocycles. The van der Waals surface area contributed by atoms with Crippen LogP contribution >= 0.6 is 27.7 Å². The molecule has 1 aliphatic heterocycles. The SMILES string of the molecule is CCOC(=O)C1=C(O)/C(=C/c2cc(Br)c(OCc3ccc(C(=O)O)cc3)c(OCC)c2)SC1=Nc1ccccc1. The predicted octanol–water partition coefficient (Wildman–Crippen LogP) is 7.32. The van der Waals surface area contributed by atoms with E-state index in [-0.39, 0.29) is 30.1 Å². The first-order chi connectivity index (χ1) is 19.3. The Balaban J connectivity index is 1.64. The summed E-state index contributed by atoms with van der Waals surface area (Å²) in [5.41, 5.74) is 2.33. The summed E-state index contributed by atoms with van der Waals surface area (Å²) < 4.78 is 17.7. The molecule has 2 N–H and O–H groups in total. The third-order valence-electron chi connectivity index (χ3n) is 5.57. The summed E-state index contributed by atoms with van der Waals surface area (Å²) in [6.07, 6.45) is 1.73. The van der Waals surface area contributed by atoms with Crippen LogP contribution in [0, 0.1) is 0 Å². The molecule has 0 aromatic heterocycles. The number of aliphatic hydroxyl groups is 1. The Bertz CT molecular complexity index is 1500. The summed E-state index contributed by atoms with van der Waals surface area (Å²) in [6.45, 7) is 4.29. The van der Waals surface area contributed by atoms with Gasteiger partial charge in [-0.15, -0.1) is 0 Å². The molecule has 0 fully saturated rings. The fourth-order valence-electron chi connectivity index (χ4n) is 3.74. The third kappa shape index (κ3) is 6.94. The van der Waals surface area contributed by atoms with E-state index >= 15 is 0 Å². The van der Waals surface area contributed by atoms with Crippen molar-refractivity contribution in [3.8, 4) is 11.5 Å². The second-order valence-electron chi connectivity index (χ2n) is 8.36. The first kappa shape index (κ1) is 29.0. The molecule has 0 radical (unpaired) electrons. The van der Waals surface area contributed by atoms with E-state index in [0.29, 0.717) is 43.8 Å². The monoisotopic (exact) mass is 623 g/mol. The number of carbonyl (C=O) groups is 2. The zero-order valence-corrected chi connectivity index (χ0v) is 24.1. The molecule has 0 bridgehead atoms. The number of hydrogen-bond acceptors (Lipinski definition) is 8. The van der Waals surface area contributed by atoms with E-state index in [1.807, 2.05) is 31.2 Å². The number of esters is 1. The lowest BCUT2D eigenvalue weighted by Gasteiger charge is -2.15. The molecule has 4 rings (SSSR count). The maximum atomic E-state index is 12.7. The summed E-state index contributed by atoms with van der Waals surface area (Å²) >= 11 is 4.73. The van der Waals surface area contributed by atoms with Crippen LogP contribution in [0.4, 0.5) is 5.69 Å². The Morgan fingerprint density at radius 1 is 1.00 bits per heavy atom. The van der Waals surface area contributed by atoms with Crippen LogP contribution in [0.25, 0.3) is 6.08 Å². The predicted molar refractivity (Wildman–Crippen MR) is 158 cm³/mol. The van der Waals surface area contributed by atoms with Crippen LogP contribution in [0.5, 0.6) is 11.5 Å². The summed E-state index contributed by atoms with van der Waals surface area (Å²) in [6, 6.07) is 19.2. The first-order valence-corrected chi connectivity index (χ1v) is 14.0. The standard InChI is InChI=1S/C30H26BrNO7S/c1-3-37-23-15-19(14-22(31)27(23)39-17-18-10-12-20(13-11-18)29(34)35)16-24-26(33)25(30(36)38-4-2)28(40-24)32-21-8-6-5-7-9-21/h5-16,33H,3-4,17H2,1-2H3,(H,34,35)/b24-16-,32-28?. The highest BCUT2D eigenvalue weighted by Gasteiger charge is 2.33. The molecule has 0 atom stereocenters. The van der Waals surface area contributed by atoms with E-state index in [2.05, 4.69) is 20.9 Å². The van der Waals surface area contributed by atoms with Gasteiger partial charge in [0.2, 0.25) is 0 Å². The minimum Gasteiger partial charge on any atom is -0.506 e. The van der Waals surface area contributed by atoms with Crippen LogP contribution < -0.4 is 9.47 Å². The number of halogens is 1. The summed E-state index contributed by atoms with van der Waals surface area (Å²) in [4.78, 5) is 28.8. The Morgan fingerprint density at radius 3 is 2.38 bits per heavy atom. The van der Waals surface area contributed by atoms with Crippen LogP contribution in [-0.2, 0) is 16.1 Å². The number of benzene rings is 3. The number of ether oxygens (including phenoxy) is 3. The molecule has 3 aromatic carbocycles. The van der Waals surface area contributed by atoms with Crippen LogP contribution in [0.2, 0.25) is 0 Å². The Kier molecular flexibility index (Phi) is 9.68. The Labute approximate surface area is 244 Å². The van der Waals surface area contributed by atoms with Crippen molar-refractivity contribution >= 4 is 56.4 Å². The highest BCUT2D eigenvalue weighted by atomic mass is 79.9.